The maximum Gasteiger partial charge on any atom is 0.0462 e. The number of ether oxygens (including phenoxy) is 1. The van der Waals surface area contributed by atoms with Crippen LogP contribution in [0.2, 0.25) is 0 Å². The maximum atomic E-state index is 5.04. The van der Waals surface area contributed by atoms with Gasteiger partial charge >= 0.3 is 0 Å². The third-order valence-electron chi connectivity index (χ3n) is 3.60. The van der Waals surface area contributed by atoms with Crippen LogP contribution in [0.3, 0.4) is 0 Å². The van der Waals surface area contributed by atoms with Crippen molar-refractivity contribution in [2.24, 2.45) is 5.92 Å². The molecule has 1 aliphatic carbocycles. The molecular formula is C13H27NO. The molecule has 1 N–H and O–H groups in total. The largest absolute Gasteiger partial charge is 0.385 e. The van der Waals surface area contributed by atoms with Gasteiger partial charge in [0.1, 0.15) is 0 Å². The van der Waals surface area contributed by atoms with Crippen molar-refractivity contribution >= 4 is 0 Å². The average molecular weight is 213 g/mol. The summed E-state index contributed by atoms with van der Waals surface area (Å²) in [7, 11) is 1.78. The molecule has 0 aromatic heterocycles. The molecule has 0 amide bonds. The van der Waals surface area contributed by atoms with Crippen LogP contribution in [0, 0.1) is 5.92 Å². The zero-order valence-corrected chi connectivity index (χ0v) is 10.4. The number of methoxy groups -OCH3 is 1. The zero-order chi connectivity index (χ0) is 10.9. The molecule has 1 fully saturated rings. The molecule has 90 valence electrons. The van der Waals surface area contributed by atoms with E-state index in [1.54, 1.807) is 7.11 Å². The standard InChI is InChI=1S/C13H27NO/c1-12(13-8-4-3-5-9-13)14-10-6-7-11-15-2/h12-14H,3-11H2,1-2H3. The van der Waals surface area contributed by atoms with Crippen LogP contribution in [0.5, 0.6) is 0 Å². The van der Waals surface area contributed by atoms with Gasteiger partial charge in [-0.15, -0.1) is 0 Å². The lowest BCUT2D eigenvalue weighted by Gasteiger charge is -2.28. The van der Waals surface area contributed by atoms with Crippen LogP contribution < -0.4 is 5.32 Å². The Morgan fingerprint density at radius 3 is 2.60 bits per heavy atom. The molecule has 1 saturated carbocycles. The van der Waals surface area contributed by atoms with E-state index in [2.05, 4.69) is 12.2 Å². The molecule has 1 atom stereocenters. The van der Waals surface area contributed by atoms with Crippen molar-refractivity contribution in [2.45, 2.75) is 57.9 Å². The number of unbranched alkanes of at least 4 members (excludes halogenated alkanes) is 1. The summed E-state index contributed by atoms with van der Waals surface area (Å²) in [6, 6.07) is 0.716. The molecule has 0 aromatic rings. The zero-order valence-electron chi connectivity index (χ0n) is 10.4. The quantitative estimate of drug-likeness (QED) is 0.656. The number of hydrogen-bond acceptors (Lipinski definition) is 2. The molecule has 2 heteroatoms. The normalized spacial score (nSPS) is 20.4. The maximum absolute atomic E-state index is 5.04. The molecule has 1 unspecified atom stereocenters. The van der Waals surface area contributed by atoms with Crippen molar-refractivity contribution in [3.8, 4) is 0 Å². The van der Waals surface area contributed by atoms with E-state index in [-0.39, 0.29) is 0 Å². The van der Waals surface area contributed by atoms with Gasteiger partial charge in [0.25, 0.3) is 0 Å². The van der Waals surface area contributed by atoms with Crippen molar-refractivity contribution in [1.82, 2.24) is 5.32 Å². The average Bonchev–Trinajstić information content (AvgIpc) is 2.30. The van der Waals surface area contributed by atoms with Gasteiger partial charge in [-0.25, -0.2) is 0 Å². The predicted molar refractivity (Wildman–Crippen MR) is 65.1 cm³/mol. The van der Waals surface area contributed by atoms with Gasteiger partial charge in [-0.05, 0) is 45.1 Å². The SMILES string of the molecule is COCCCCNC(C)C1CCCCC1. The molecule has 0 spiro atoms. The van der Waals surface area contributed by atoms with Gasteiger partial charge in [-0.1, -0.05) is 19.3 Å². The Hall–Kier alpha value is -0.0800. The van der Waals surface area contributed by atoms with Crippen molar-refractivity contribution < 1.29 is 4.74 Å². The van der Waals surface area contributed by atoms with Gasteiger partial charge < -0.3 is 10.1 Å². The van der Waals surface area contributed by atoms with Crippen LogP contribution >= 0.6 is 0 Å². The summed E-state index contributed by atoms with van der Waals surface area (Å²) in [5.74, 6) is 0.932. The van der Waals surface area contributed by atoms with Gasteiger partial charge in [0.05, 0.1) is 0 Å². The number of nitrogens with one attached hydrogen (secondary N) is 1. The van der Waals surface area contributed by atoms with Crippen molar-refractivity contribution in [1.29, 1.82) is 0 Å². The fraction of sp³-hybridized carbons (Fsp3) is 1.00. The first-order valence-corrected chi connectivity index (χ1v) is 6.57. The van der Waals surface area contributed by atoms with Crippen LogP contribution in [0.4, 0.5) is 0 Å². The van der Waals surface area contributed by atoms with Crippen LogP contribution in [0.25, 0.3) is 0 Å². The first-order chi connectivity index (χ1) is 7.34. The Kier molecular flexibility index (Phi) is 7.03. The second-order valence-electron chi connectivity index (χ2n) is 4.84. The smallest absolute Gasteiger partial charge is 0.0462 e. The van der Waals surface area contributed by atoms with Crippen LogP contribution in [-0.4, -0.2) is 26.3 Å². The van der Waals surface area contributed by atoms with Gasteiger partial charge in [-0.3, -0.25) is 0 Å². The van der Waals surface area contributed by atoms with E-state index < -0.39 is 0 Å². The monoisotopic (exact) mass is 213 g/mol. The summed E-state index contributed by atoms with van der Waals surface area (Å²) >= 11 is 0. The van der Waals surface area contributed by atoms with Crippen LogP contribution in [0.1, 0.15) is 51.9 Å². The van der Waals surface area contributed by atoms with E-state index in [4.69, 9.17) is 4.74 Å². The molecule has 0 aliphatic heterocycles. The van der Waals surface area contributed by atoms with Gasteiger partial charge in [-0.2, -0.15) is 0 Å². The molecule has 0 aromatic carbocycles. The van der Waals surface area contributed by atoms with Crippen molar-refractivity contribution in [3.05, 3.63) is 0 Å². The summed E-state index contributed by atoms with van der Waals surface area (Å²) in [6.45, 7) is 4.41. The van der Waals surface area contributed by atoms with E-state index in [0.717, 1.165) is 19.1 Å². The molecule has 1 rings (SSSR count). The van der Waals surface area contributed by atoms with Crippen molar-refractivity contribution in [3.63, 3.8) is 0 Å². The minimum absolute atomic E-state index is 0.716. The Labute approximate surface area is 94.8 Å². The Morgan fingerprint density at radius 1 is 1.20 bits per heavy atom. The van der Waals surface area contributed by atoms with Gasteiger partial charge in [0.2, 0.25) is 0 Å². The van der Waals surface area contributed by atoms with Crippen molar-refractivity contribution in [2.75, 3.05) is 20.3 Å². The fourth-order valence-corrected chi connectivity index (χ4v) is 2.50. The molecule has 2 nitrogen and oxygen atoms in total. The van der Waals surface area contributed by atoms with E-state index in [1.165, 1.54) is 44.9 Å². The Bertz CT molecular complexity index is 143. The minimum atomic E-state index is 0.716. The second-order valence-corrected chi connectivity index (χ2v) is 4.84. The lowest BCUT2D eigenvalue weighted by Crippen LogP contribution is -2.35. The highest BCUT2D eigenvalue weighted by Crippen LogP contribution is 2.26. The van der Waals surface area contributed by atoms with E-state index in [0.29, 0.717) is 6.04 Å². The minimum Gasteiger partial charge on any atom is -0.385 e. The lowest BCUT2D eigenvalue weighted by atomic mass is 9.84. The summed E-state index contributed by atoms with van der Waals surface area (Å²) in [5, 5.41) is 3.66. The highest BCUT2D eigenvalue weighted by atomic mass is 16.5. The third kappa shape index (κ3) is 5.53. The van der Waals surface area contributed by atoms with Crippen LogP contribution in [-0.2, 0) is 4.74 Å². The van der Waals surface area contributed by atoms with Gasteiger partial charge in [0.15, 0.2) is 0 Å². The predicted octanol–water partition coefficient (Wildman–Crippen LogP) is 2.97. The number of rotatable bonds is 7. The molecule has 0 heterocycles. The first kappa shape index (κ1) is 13.0. The van der Waals surface area contributed by atoms with E-state index in [1.807, 2.05) is 0 Å². The molecule has 0 radical (unpaired) electrons. The second kappa shape index (κ2) is 8.12. The molecule has 1 aliphatic rings. The Balaban J connectivity index is 1.99. The molecule has 15 heavy (non-hydrogen) atoms. The highest BCUT2D eigenvalue weighted by molar-refractivity contribution is 4.75. The highest BCUT2D eigenvalue weighted by Gasteiger charge is 2.18. The molecule has 0 saturated heterocycles. The molecular weight excluding hydrogens is 186 g/mol. The third-order valence-corrected chi connectivity index (χ3v) is 3.60. The first-order valence-electron chi connectivity index (χ1n) is 6.57. The topological polar surface area (TPSA) is 21.3 Å². The van der Waals surface area contributed by atoms with Gasteiger partial charge in [0, 0.05) is 19.8 Å². The van der Waals surface area contributed by atoms with E-state index in [9.17, 15) is 0 Å². The number of hydrogen-bond donors (Lipinski definition) is 1. The molecule has 0 bridgehead atoms. The summed E-state index contributed by atoms with van der Waals surface area (Å²) in [4.78, 5) is 0. The Morgan fingerprint density at radius 2 is 1.93 bits per heavy atom. The fourth-order valence-electron chi connectivity index (χ4n) is 2.50. The van der Waals surface area contributed by atoms with E-state index >= 15 is 0 Å². The summed E-state index contributed by atoms with van der Waals surface area (Å²) in [6.07, 6.45) is 9.64. The van der Waals surface area contributed by atoms with Crippen LogP contribution in [0.15, 0.2) is 0 Å². The lowest BCUT2D eigenvalue weighted by molar-refractivity contribution is 0.191. The summed E-state index contributed by atoms with van der Waals surface area (Å²) in [5.41, 5.74) is 0. The summed E-state index contributed by atoms with van der Waals surface area (Å²) < 4.78 is 5.04.